The van der Waals surface area contributed by atoms with Crippen LogP contribution in [0, 0.1) is 22.7 Å². The minimum atomic E-state index is -0.713. The van der Waals surface area contributed by atoms with E-state index in [0.29, 0.717) is 0 Å². The number of fused-ring (bicyclic) bond motifs is 3. The van der Waals surface area contributed by atoms with Crippen molar-refractivity contribution in [3.63, 3.8) is 0 Å². The highest BCUT2D eigenvalue weighted by Crippen LogP contribution is 2.37. The summed E-state index contributed by atoms with van der Waals surface area (Å²) in [6.45, 7) is 0. The average molecular weight is 229 g/mol. The number of nitrogens with zero attached hydrogens (tertiary/aromatic N) is 2. The molecule has 3 aromatic carbocycles. The third-order valence-electron chi connectivity index (χ3n) is 3.27. The topological polar surface area (TPSA) is 47.6 Å². The largest absolute Gasteiger partial charge is 0.197 e. The van der Waals surface area contributed by atoms with E-state index in [-0.39, 0.29) is 0 Å². The first-order chi connectivity index (χ1) is 8.86. The molecule has 0 saturated carbocycles. The summed E-state index contributed by atoms with van der Waals surface area (Å²) >= 11 is 0. The van der Waals surface area contributed by atoms with E-state index in [9.17, 15) is 0 Å². The molecule has 0 fully saturated rings. The van der Waals surface area contributed by atoms with Gasteiger partial charge < -0.3 is 0 Å². The molecule has 18 heavy (non-hydrogen) atoms. The molecular weight excluding hydrogens is 220 g/mol. The summed E-state index contributed by atoms with van der Waals surface area (Å²) in [5.74, 6) is -0.713. The standard InChI is InChI=1S/C16H9N2/c17-9-11(10-18)16-14-7-3-1-5-12(14)13-6-2-4-8-15(13)16/h1-8,11H/q-1. The summed E-state index contributed by atoms with van der Waals surface area (Å²) in [5, 5.41) is 22.5. The second kappa shape index (κ2) is 3.95. The Morgan fingerprint density at radius 3 is 2.33 bits per heavy atom. The second-order valence-corrected chi connectivity index (χ2v) is 4.20. The first kappa shape index (κ1) is 10.4. The molecule has 0 saturated heterocycles. The van der Waals surface area contributed by atoms with Crippen LogP contribution in [0.1, 0.15) is 11.5 Å². The van der Waals surface area contributed by atoms with Crippen LogP contribution in [0.4, 0.5) is 0 Å². The van der Waals surface area contributed by atoms with Gasteiger partial charge in [0.25, 0.3) is 0 Å². The molecule has 0 aliphatic heterocycles. The van der Waals surface area contributed by atoms with Crippen molar-refractivity contribution < 1.29 is 0 Å². The van der Waals surface area contributed by atoms with Gasteiger partial charge in [0, 0.05) is 0 Å². The number of hydrogen-bond acceptors (Lipinski definition) is 2. The minimum Gasteiger partial charge on any atom is -0.197 e. The van der Waals surface area contributed by atoms with Gasteiger partial charge in [-0.15, -0.1) is 35.7 Å². The lowest BCUT2D eigenvalue weighted by Crippen LogP contribution is -1.90. The Morgan fingerprint density at radius 1 is 0.889 bits per heavy atom. The van der Waals surface area contributed by atoms with Crippen LogP contribution in [0.2, 0.25) is 0 Å². The molecule has 2 nitrogen and oxygen atoms in total. The van der Waals surface area contributed by atoms with Crippen molar-refractivity contribution in [2.45, 2.75) is 5.92 Å². The fraction of sp³-hybridized carbons (Fsp3) is 0.0625. The fourth-order valence-corrected chi connectivity index (χ4v) is 2.52. The maximum absolute atomic E-state index is 9.14. The highest BCUT2D eigenvalue weighted by atomic mass is 14.3. The van der Waals surface area contributed by atoms with Gasteiger partial charge in [-0.25, -0.2) is 0 Å². The van der Waals surface area contributed by atoms with Crippen LogP contribution in [0.3, 0.4) is 0 Å². The van der Waals surface area contributed by atoms with E-state index in [1.807, 2.05) is 48.5 Å². The van der Waals surface area contributed by atoms with E-state index < -0.39 is 5.92 Å². The van der Waals surface area contributed by atoms with Crippen LogP contribution in [0.5, 0.6) is 0 Å². The lowest BCUT2D eigenvalue weighted by atomic mass is 9.99. The SMILES string of the molecule is N#CC(C#N)c1c2ccccc2[c-]2ccccc12. The Bertz CT molecular complexity index is 745. The number of hydrogen-bond donors (Lipinski definition) is 0. The summed E-state index contributed by atoms with van der Waals surface area (Å²) in [6, 6.07) is 20.0. The smallest absolute Gasteiger partial charge is 0.132 e. The zero-order valence-corrected chi connectivity index (χ0v) is 9.59. The maximum atomic E-state index is 9.14. The monoisotopic (exact) mass is 229 g/mol. The first-order valence-electron chi connectivity index (χ1n) is 5.72. The van der Waals surface area contributed by atoms with Crippen LogP contribution < -0.4 is 0 Å². The van der Waals surface area contributed by atoms with E-state index in [2.05, 4.69) is 12.1 Å². The highest BCUT2D eigenvalue weighted by molar-refractivity contribution is 6.15. The molecule has 0 bridgehead atoms. The molecule has 84 valence electrons. The summed E-state index contributed by atoms with van der Waals surface area (Å²) in [6.07, 6.45) is 0. The molecule has 0 aromatic heterocycles. The van der Waals surface area contributed by atoms with Crippen LogP contribution in [-0.4, -0.2) is 0 Å². The summed E-state index contributed by atoms with van der Waals surface area (Å²) < 4.78 is 0. The average Bonchev–Trinajstić information content (AvgIpc) is 2.76. The Labute approximate surface area is 105 Å². The van der Waals surface area contributed by atoms with Crippen molar-refractivity contribution >= 4 is 21.5 Å². The highest BCUT2D eigenvalue weighted by Gasteiger charge is 2.13. The van der Waals surface area contributed by atoms with E-state index in [1.165, 1.54) is 0 Å². The van der Waals surface area contributed by atoms with Crippen LogP contribution in [-0.2, 0) is 0 Å². The fourth-order valence-electron chi connectivity index (χ4n) is 2.52. The number of rotatable bonds is 1. The van der Waals surface area contributed by atoms with Gasteiger partial charge in [-0.1, -0.05) is 39.9 Å². The summed E-state index contributed by atoms with van der Waals surface area (Å²) in [4.78, 5) is 0. The van der Waals surface area contributed by atoms with Crippen LogP contribution in [0.15, 0.2) is 48.5 Å². The quantitative estimate of drug-likeness (QED) is 0.595. The predicted octanol–water partition coefficient (Wildman–Crippen LogP) is 3.84. The van der Waals surface area contributed by atoms with Crippen molar-refractivity contribution in [3.05, 3.63) is 54.1 Å². The zero-order chi connectivity index (χ0) is 12.5. The van der Waals surface area contributed by atoms with E-state index >= 15 is 0 Å². The van der Waals surface area contributed by atoms with Gasteiger partial charge in [0.05, 0.1) is 12.1 Å². The molecule has 0 aliphatic rings. The van der Waals surface area contributed by atoms with Gasteiger partial charge >= 0.3 is 0 Å². The second-order valence-electron chi connectivity index (χ2n) is 4.20. The van der Waals surface area contributed by atoms with Crippen molar-refractivity contribution in [1.29, 1.82) is 10.5 Å². The first-order valence-corrected chi connectivity index (χ1v) is 5.72. The lowest BCUT2D eigenvalue weighted by Gasteiger charge is -2.05. The van der Waals surface area contributed by atoms with E-state index in [4.69, 9.17) is 10.5 Å². The van der Waals surface area contributed by atoms with Crippen molar-refractivity contribution in [2.75, 3.05) is 0 Å². The molecule has 0 heterocycles. The van der Waals surface area contributed by atoms with Gasteiger partial charge in [0.2, 0.25) is 0 Å². The Morgan fingerprint density at radius 2 is 1.56 bits per heavy atom. The Hall–Kier alpha value is -2.71. The lowest BCUT2D eigenvalue weighted by molar-refractivity contribution is 1.14. The van der Waals surface area contributed by atoms with Crippen molar-refractivity contribution in [2.24, 2.45) is 0 Å². The zero-order valence-electron chi connectivity index (χ0n) is 9.59. The third kappa shape index (κ3) is 1.30. The molecule has 0 aliphatic carbocycles. The van der Waals surface area contributed by atoms with Crippen molar-refractivity contribution in [1.82, 2.24) is 0 Å². The van der Waals surface area contributed by atoms with Crippen molar-refractivity contribution in [3.8, 4) is 12.1 Å². The van der Waals surface area contributed by atoms with Crippen LogP contribution >= 0.6 is 0 Å². The van der Waals surface area contributed by atoms with E-state index in [1.54, 1.807) is 0 Å². The number of benzene rings is 2. The minimum absolute atomic E-state index is 0.713. The Balaban J connectivity index is 2.55. The molecule has 0 spiro atoms. The molecule has 0 amide bonds. The van der Waals surface area contributed by atoms with Crippen LogP contribution in [0.25, 0.3) is 21.5 Å². The molecule has 0 N–H and O–H groups in total. The molecule has 3 aromatic rings. The summed E-state index contributed by atoms with van der Waals surface area (Å²) in [7, 11) is 0. The Kier molecular flexibility index (Phi) is 2.29. The molecule has 0 unspecified atom stereocenters. The third-order valence-corrected chi connectivity index (χ3v) is 3.27. The number of nitriles is 2. The molecule has 0 radical (unpaired) electrons. The molecular formula is C16H9N2-. The van der Waals surface area contributed by atoms with E-state index in [0.717, 1.165) is 27.1 Å². The van der Waals surface area contributed by atoms with Gasteiger partial charge in [-0.05, 0) is 0 Å². The normalized spacial score (nSPS) is 10.6. The van der Waals surface area contributed by atoms with Gasteiger partial charge in [0.1, 0.15) is 5.92 Å². The maximum Gasteiger partial charge on any atom is 0.132 e. The summed E-state index contributed by atoms with van der Waals surface area (Å²) in [5.41, 5.74) is 0.839. The van der Waals surface area contributed by atoms with Gasteiger partial charge in [-0.3, -0.25) is 0 Å². The van der Waals surface area contributed by atoms with Gasteiger partial charge in [-0.2, -0.15) is 10.5 Å². The molecule has 0 atom stereocenters. The molecule has 2 heteroatoms. The van der Waals surface area contributed by atoms with Gasteiger partial charge in [0.15, 0.2) is 0 Å². The predicted molar refractivity (Wildman–Crippen MR) is 71.0 cm³/mol. The molecule has 3 rings (SSSR count).